The van der Waals surface area contributed by atoms with Crippen LogP contribution in [0.5, 0.6) is 0 Å². The van der Waals surface area contributed by atoms with Gasteiger partial charge in [-0.3, -0.25) is 0 Å². The first-order chi connectivity index (χ1) is 10.2. The predicted octanol–water partition coefficient (Wildman–Crippen LogP) is 2.78. The van der Waals surface area contributed by atoms with Crippen LogP contribution in [0, 0.1) is 5.82 Å². The van der Waals surface area contributed by atoms with Crippen LogP contribution in [-0.4, -0.2) is 31.3 Å². The molecule has 0 spiro atoms. The minimum atomic E-state index is -1.30. The zero-order valence-corrected chi connectivity index (χ0v) is 11.9. The van der Waals surface area contributed by atoms with Crippen LogP contribution in [-0.2, 0) is 0 Å². The van der Waals surface area contributed by atoms with E-state index < -0.39 is 11.8 Å². The molecule has 2 aromatic rings. The van der Waals surface area contributed by atoms with Gasteiger partial charge in [0.15, 0.2) is 0 Å². The van der Waals surface area contributed by atoms with Gasteiger partial charge in [0.25, 0.3) is 0 Å². The molecule has 1 N–H and O–H groups in total. The Balaban J connectivity index is 1.93. The number of tetrazole rings is 1. The fraction of sp³-hybridized carbons (Fsp3) is 0.385. The zero-order valence-electron chi connectivity index (χ0n) is 11.1. The van der Waals surface area contributed by atoms with Gasteiger partial charge >= 0.3 is 5.97 Å². The Bertz CT molecular complexity index is 670. The molecule has 21 heavy (non-hydrogen) atoms. The number of aromatic carboxylic acids is 1. The van der Waals surface area contributed by atoms with Crippen molar-refractivity contribution in [2.24, 2.45) is 0 Å². The summed E-state index contributed by atoms with van der Waals surface area (Å²) in [6, 6.07) is 4.41. The summed E-state index contributed by atoms with van der Waals surface area (Å²) in [4.78, 5) is 11.5. The highest BCUT2D eigenvalue weighted by molar-refractivity contribution is 7.99. The first kappa shape index (κ1) is 14.0. The number of rotatable bonds is 4. The molecule has 0 bridgehead atoms. The van der Waals surface area contributed by atoms with Crippen molar-refractivity contribution in [2.45, 2.75) is 41.8 Å². The average Bonchev–Trinajstić information content (AvgIpc) is 3.08. The molecular formula is C13H13FN4O2S. The Kier molecular flexibility index (Phi) is 3.87. The lowest BCUT2D eigenvalue weighted by atomic mass is 10.2. The largest absolute Gasteiger partial charge is 0.478 e. The van der Waals surface area contributed by atoms with Crippen molar-refractivity contribution in [3.8, 4) is 0 Å². The Morgan fingerprint density at radius 2 is 2.14 bits per heavy atom. The highest BCUT2D eigenvalue weighted by Crippen LogP contribution is 2.35. The molecule has 6 nitrogen and oxygen atoms in total. The number of nitrogens with zero attached hydrogens (tertiary/aromatic N) is 4. The number of aromatic nitrogens is 4. The molecule has 1 aliphatic carbocycles. The highest BCUT2D eigenvalue weighted by atomic mass is 32.2. The summed E-state index contributed by atoms with van der Waals surface area (Å²) in [7, 11) is 0. The van der Waals surface area contributed by atoms with Gasteiger partial charge in [-0.25, -0.2) is 13.9 Å². The second-order valence-electron chi connectivity index (χ2n) is 4.86. The predicted molar refractivity (Wildman–Crippen MR) is 72.8 cm³/mol. The normalized spacial score (nSPS) is 15.5. The number of carboxylic acids is 1. The van der Waals surface area contributed by atoms with E-state index in [2.05, 4.69) is 15.5 Å². The minimum Gasteiger partial charge on any atom is -0.478 e. The summed E-state index contributed by atoms with van der Waals surface area (Å²) in [6.07, 6.45) is 4.28. The molecule has 1 saturated carbocycles. The highest BCUT2D eigenvalue weighted by Gasteiger charge is 2.24. The molecule has 0 atom stereocenters. The van der Waals surface area contributed by atoms with Gasteiger partial charge < -0.3 is 5.11 Å². The molecule has 1 aromatic carbocycles. The summed E-state index contributed by atoms with van der Waals surface area (Å²) in [6.45, 7) is 0. The molecule has 3 rings (SSSR count). The smallest absolute Gasteiger partial charge is 0.339 e. The lowest BCUT2D eigenvalue weighted by Crippen LogP contribution is -2.09. The monoisotopic (exact) mass is 308 g/mol. The van der Waals surface area contributed by atoms with Crippen LogP contribution in [0.25, 0.3) is 0 Å². The fourth-order valence-electron chi connectivity index (χ4n) is 2.53. The summed E-state index contributed by atoms with van der Waals surface area (Å²) in [5.74, 6) is -2.05. The minimum absolute atomic E-state index is 0.240. The standard InChI is InChI=1S/C13H13FN4O2S/c14-9-6-3-7-10(11(9)12(19)20)21-13-15-16-17-18(13)8-4-1-2-5-8/h3,6-8H,1-2,4-5H2,(H,19,20). The molecule has 1 heterocycles. The van der Waals surface area contributed by atoms with Gasteiger partial charge in [-0.15, -0.1) is 5.10 Å². The topological polar surface area (TPSA) is 80.9 Å². The van der Waals surface area contributed by atoms with Gasteiger partial charge in [0.05, 0.1) is 6.04 Å². The van der Waals surface area contributed by atoms with Gasteiger partial charge in [-0.05, 0) is 47.2 Å². The van der Waals surface area contributed by atoms with Crippen molar-refractivity contribution in [3.05, 3.63) is 29.6 Å². The van der Waals surface area contributed by atoms with E-state index >= 15 is 0 Å². The van der Waals surface area contributed by atoms with E-state index in [4.69, 9.17) is 5.11 Å². The second kappa shape index (κ2) is 5.80. The van der Waals surface area contributed by atoms with Crippen LogP contribution in [0.1, 0.15) is 42.1 Å². The third-order valence-corrected chi connectivity index (χ3v) is 4.54. The third-order valence-electron chi connectivity index (χ3n) is 3.52. The second-order valence-corrected chi connectivity index (χ2v) is 5.87. The first-order valence-electron chi connectivity index (χ1n) is 6.64. The maximum atomic E-state index is 13.7. The number of hydrogen-bond acceptors (Lipinski definition) is 5. The third kappa shape index (κ3) is 2.76. The van der Waals surface area contributed by atoms with E-state index in [0.717, 1.165) is 43.5 Å². The van der Waals surface area contributed by atoms with Crippen LogP contribution in [0.3, 0.4) is 0 Å². The number of benzene rings is 1. The summed E-state index contributed by atoms with van der Waals surface area (Å²) in [5, 5.41) is 21.2. The maximum absolute atomic E-state index is 13.7. The van der Waals surface area contributed by atoms with Crippen molar-refractivity contribution in [2.75, 3.05) is 0 Å². The molecule has 0 amide bonds. The van der Waals surface area contributed by atoms with Crippen LogP contribution in [0.2, 0.25) is 0 Å². The number of hydrogen-bond donors (Lipinski definition) is 1. The molecule has 1 aromatic heterocycles. The Labute approximate surface area is 124 Å². The van der Waals surface area contributed by atoms with Gasteiger partial charge in [0, 0.05) is 4.90 Å². The van der Waals surface area contributed by atoms with Crippen LogP contribution < -0.4 is 0 Å². The van der Waals surface area contributed by atoms with E-state index in [0.29, 0.717) is 10.1 Å². The van der Waals surface area contributed by atoms with Crippen molar-refractivity contribution in [3.63, 3.8) is 0 Å². The van der Waals surface area contributed by atoms with Crippen molar-refractivity contribution >= 4 is 17.7 Å². The molecule has 0 unspecified atom stereocenters. The number of carbonyl (C=O) groups is 1. The lowest BCUT2D eigenvalue weighted by molar-refractivity contribution is 0.0688. The summed E-state index contributed by atoms with van der Waals surface area (Å²) < 4.78 is 15.4. The fourth-order valence-corrected chi connectivity index (χ4v) is 3.51. The van der Waals surface area contributed by atoms with Crippen LogP contribution in [0.15, 0.2) is 28.3 Å². The van der Waals surface area contributed by atoms with E-state index in [1.807, 2.05) is 0 Å². The molecule has 1 fully saturated rings. The molecule has 0 saturated heterocycles. The SMILES string of the molecule is O=C(O)c1c(F)cccc1Sc1nnnn1C1CCCC1. The molecule has 1 aliphatic rings. The molecule has 0 radical (unpaired) electrons. The van der Waals surface area contributed by atoms with Crippen LogP contribution >= 0.6 is 11.8 Å². The van der Waals surface area contributed by atoms with E-state index in [-0.39, 0.29) is 11.6 Å². The van der Waals surface area contributed by atoms with Gasteiger partial charge in [0.2, 0.25) is 5.16 Å². The van der Waals surface area contributed by atoms with Gasteiger partial charge in [0.1, 0.15) is 11.4 Å². The van der Waals surface area contributed by atoms with E-state index in [9.17, 15) is 9.18 Å². The average molecular weight is 308 g/mol. The lowest BCUT2D eigenvalue weighted by Gasteiger charge is -2.11. The van der Waals surface area contributed by atoms with Gasteiger partial charge in [-0.2, -0.15) is 0 Å². The quantitative estimate of drug-likeness (QED) is 0.935. The van der Waals surface area contributed by atoms with Crippen molar-refractivity contribution in [1.29, 1.82) is 0 Å². The summed E-state index contributed by atoms with van der Waals surface area (Å²) in [5.41, 5.74) is -0.344. The van der Waals surface area contributed by atoms with E-state index in [1.54, 1.807) is 10.7 Å². The van der Waals surface area contributed by atoms with Gasteiger partial charge in [-0.1, -0.05) is 18.9 Å². The first-order valence-corrected chi connectivity index (χ1v) is 7.46. The summed E-state index contributed by atoms with van der Waals surface area (Å²) >= 11 is 1.08. The van der Waals surface area contributed by atoms with Crippen molar-refractivity contribution < 1.29 is 14.3 Å². The molecular weight excluding hydrogens is 295 g/mol. The Hall–Kier alpha value is -1.96. The Morgan fingerprint density at radius 1 is 1.38 bits per heavy atom. The maximum Gasteiger partial charge on any atom is 0.339 e. The van der Waals surface area contributed by atoms with Crippen LogP contribution in [0.4, 0.5) is 4.39 Å². The molecule has 0 aliphatic heterocycles. The number of carboxylic acid groups (broad SMARTS) is 1. The van der Waals surface area contributed by atoms with Crippen molar-refractivity contribution in [1.82, 2.24) is 20.2 Å². The number of halogens is 1. The molecule has 8 heteroatoms. The van der Waals surface area contributed by atoms with E-state index in [1.165, 1.54) is 6.07 Å². The Morgan fingerprint density at radius 3 is 2.86 bits per heavy atom. The molecule has 110 valence electrons. The zero-order chi connectivity index (χ0) is 14.8.